The molecule has 350 valence electrons. The van der Waals surface area contributed by atoms with Crippen molar-refractivity contribution in [2.24, 2.45) is 0 Å². The van der Waals surface area contributed by atoms with E-state index in [1.165, 1.54) is 76.0 Å². The Morgan fingerprint density at radius 1 is 0.646 bits per heavy atom. The molecule has 0 radical (unpaired) electrons. The Hall–Kier alpha value is -6.32. The molecule has 0 unspecified atom stereocenters. The molecule has 0 saturated carbocycles. The van der Waals surface area contributed by atoms with Gasteiger partial charge in [0.15, 0.2) is 11.5 Å². The molecular weight excluding hydrogens is 849 g/mol. The summed E-state index contributed by atoms with van der Waals surface area (Å²) in [5.74, 6) is -3.82. The number of hydrogen-bond donors (Lipinski definition) is 8. The van der Waals surface area contributed by atoms with E-state index >= 15 is 0 Å². The van der Waals surface area contributed by atoms with Crippen LogP contribution in [0.2, 0.25) is 0 Å². The Kier molecular flexibility index (Phi) is 15.0. The number of aliphatic hydroxyl groups is 4. The fraction of sp³-hybridized carbons (Fsp3) is 0.467. The smallest absolute Gasteiger partial charge is 0.246 e. The van der Waals surface area contributed by atoms with Gasteiger partial charge < -0.3 is 70.4 Å². The van der Waals surface area contributed by atoms with Crippen molar-refractivity contribution in [2.45, 2.75) is 107 Å². The van der Waals surface area contributed by atoms with Gasteiger partial charge in [0.05, 0.1) is 6.61 Å². The van der Waals surface area contributed by atoms with Crippen molar-refractivity contribution in [1.29, 1.82) is 0 Å². The molecule has 4 aliphatic heterocycles. The van der Waals surface area contributed by atoms with E-state index in [9.17, 15) is 54.3 Å². The SMILES string of the molecule is C[C@@H]1NC(=O)[C@@H](C)NC(=O)[C@@H]2Cc3ccc(O[C@@H]4O[C@H](CO)[C@@H](O)[C@H](O)[C@H]4O)c(c3)Oc3ccc(cc3)C[C@@H](C(=O)N2C)N(C)C(=O)[C@H](C)NC(=O)[C@H](Cc2ccc(O)cc2)N(C)C1=O. The van der Waals surface area contributed by atoms with Crippen LogP contribution in [0.15, 0.2) is 66.7 Å². The van der Waals surface area contributed by atoms with Gasteiger partial charge in [-0.25, -0.2) is 0 Å². The summed E-state index contributed by atoms with van der Waals surface area (Å²) in [4.78, 5) is 88.6. The predicted octanol–water partition coefficient (Wildman–Crippen LogP) is -1.29. The molecule has 11 atom stereocenters. The number of nitrogens with zero attached hydrogens (tertiary/aromatic N) is 3. The molecule has 6 amide bonds. The standard InChI is InChI=1S/C45H56N6O14/c1-22-39(57)47-23(2)42(60)49(4)30(17-25-7-12-28(53)13-8-25)41(59)48-24(3)43(61)51(6)32-18-26-9-14-29(15-10-26)63-34-20-27(19-31(40(58)46-22)50(5)44(32)62)11-16-33(34)64-45-38(56)37(55)36(54)35(21-52)65-45/h7-16,20,22-24,30-32,35-38,45,52-56H,17-19,21H2,1-6H3,(H,46,58)(H,47,57)(H,48,59)/t22-,23+,24+,30+,31+,32+,35-,36-,37+,38-,45-/m1/s1. The van der Waals surface area contributed by atoms with Gasteiger partial charge in [0.2, 0.25) is 41.7 Å². The molecule has 2 saturated heterocycles. The lowest BCUT2D eigenvalue weighted by molar-refractivity contribution is -0.277. The van der Waals surface area contributed by atoms with E-state index in [-0.39, 0.29) is 42.3 Å². The Labute approximate surface area is 375 Å². The molecule has 3 aromatic rings. The first-order chi connectivity index (χ1) is 30.8. The lowest BCUT2D eigenvalue weighted by atomic mass is 9.98. The highest BCUT2D eigenvalue weighted by Gasteiger charge is 2.45. The number of benzene rings is 3. The maximum Gasteiger partial charge on any atom is 0.246 e. The van der Waals surface area contributed by atoms with Crippen molar-refractivity contribution >= 4 is 35.4 Å². The van der Waals surface area contributed by atoms with Crippen molar-refractivity contribution in [3.63, 3.8) is 0 Å². The van der Waals surface area contributed by atoms with Crippen LogP contribution < -0.4 is 25.4 Å². The fourth-order valence-corrected chi connectivity index (χ4v) is 7.92. The van der Waals surface area contributed by atoms with Gasteiger partial charge in [0.1, 0.15) is 72.2 Å². The van der Waals surface area contributed by atoms with Crippen LogP contribution >= 0.6 is 0 Å². The number of likely N-dealkylation sites (N-methyl/N-ethyl adjacent to an activating group) is 3. The number of fused-ring (bicyclic) bond motifs is 2. The minimum absolute atomic E-state index is 0.000493. The lowest BCUT2D eigenvalue weighted by Crippen LogP contribution is -2.61. The van der Waals surface area contributed by atoms with Gasteiger partial charge in [-0.05, 0) is 73.9 Å². The number of aliphatic hydroxyl groups excluding tert-OH is 4. The molecule has 3 aromatic carbocycles. The summed E-state index contributed by atoms with van der Waals surface area (Å²) >= 11 is 0. The number of nitrogens with one attached hydrogen (secondary N) is 3. The van der Waals surface area contributed by atoms with Crippen molar-refractivity contribution in [1.82, 2.24) is 30.7 Å². The molecule has 20 nitrogen and oxygen atoms in total. The Balaban J connectivity index is 1.39. The number of hydrogen-bond acceptors (Lipinski definition) is 14. The van der Waals surface area contributed by atoms with Gasteiger partial charge in [-0.1, -0.05) is 30.3 Å². The molecule has 4 aliphatic rings. The second kappa shape index (κ2) is 20.2. The van der Waals surface area contributed by atoms with Crippen LogP contribution in [0.1, 0.15) is 37.5 Å². The minimum atomic E-state index is -1.74. The zero-order valence-corrected chi connectivity index (χ0v) is 36.8. The molecule has 7 rings (SSSR count). The maximum absolute atomic E-state index is 14.8. The van der Waals surface area contributed by atoms with Gasteiger partial charge >= 0.3 is 0 Å². The van der Waals surface area contributed by atoms with E-state index in [1.807, 2.05) is 0 Å². The molecule has 0 aliphatic carbocycles. The summed E-state index contributed by atoms with van der Waals surface area (Å²) in [7, 11) is 4.19. The summed E-state index contributed by atoms with van der Waals surface area (Å²) in [5, 5.41) is 59.0. The van der Waals surface area contributed by atoms with Crippen LogP contribution in [-0.2, 0) is 52.8 Å². The summed E-state index contributed by atoms with van der Waals surface area (Å²) < 4.78 is 17.8. The normalized spacial score (nSPS) is 29.8. The van der Waals surface area contributed by atoms with Crippen molar-refractivity contribution in [3.8, 4) is 23.0 Å². The number of carbonyl (C=O) groups excluding carboxylic acids is 6. The highest BCUT2D eigenvalue weighted by Crippen LogP contribution is 2.36. The van der Waals surface area contributed by atoms with Gasteiger partial charge in [0.25, 0.3) is 0 Å². The zero-order chi connectivity index (χ0) is 47.4. The summed E-state index contributed by atoms with van der Waals surface area (Å²) in [6.45, 7) is 3.58. The molecule has 6 bridgehead atoms. The van der Waals surface area contributed by atoms with E-state index in [2.05, 4.69) is 16.0 Å². The van der Waals surface area contributed by atoms with Crippen LogP contribution in [0.3, 0.4) is 0 Å². The fourth-order valence-electron chi connectivity index (χ4n) is 7.92. The average molecular weight is 905 g/mol. The van der Waals surface area contributed by atoms with Crippen LogP contribution in [-0.4, -0.2) is 170 Å². The number of aromatic hydroxyl groups is 1. The van der Waals surface area contributed by atoms with Gasteiger partial charge in [-0.2, -0.15) is 0 Å². The molecule has 0 spiro atoms. The summed E-state index contributed by atoms with van der Waals surface area (Å²) in [6.07, 6.45) is -8.17. The first-order valence-electron chi connectivity index (χ1n) is 21.1. The topological polar surface area (TPSA) is 277 Å². The first-order valence-corrected chi connectivity index (χ1v) is 21.1. The molecule has 8 N–H and O–H groups in total. The zero-order valence-electron chi connectivity index (χ0n) is 36.8. The maximum atomic E-state index is 14.8. The second-order valence-electron chi connectivity index (χ2n) is 16.7. The van der Waals surface area contributed by atoms with E-state index in [0.717, 1.165) is 4.90 Å². The summed E-state index contributed by atoms with van der Waals surface area (Å²) in [5.41, 5.74) is 1.57. The number of rotatable bonds is 5. The molecule has 65 heavy (non-hydrogen) atoms. The van der Waals surface area contributed by atoms with Crippen molar-refractivity contribution < 1.29 is 68.5 Å². The Morgan fingerprint density at radius 2 is 1.22 bits per heavy atom. The first kappa shape index (κ1) is 48.1. The second-order valence-corrected chi connectivity index (χ2v) is 16.7. The minimum Gasteiger partial charge on any atom is -0.508 e. The van der Waals surface area contributed by atoms with E-state index < -0.39 is 109 Å². The molecule has 2 fully saturated rings. The third-order valence-electron chi connectivity index (χ3n) is 12.0. The largest absolute Gasteiger partial charge is 0.508 e. The summed E-state index contributed by atoms with van der Waals surface area (Å²) in [6, 6.07) is 9.66. The van der Waals surface area contributed by atoms with E-state index in [1.54, 1.807) is 42.5 Å². The number of phenolic OH excluding ortho intramolecular Hbond substituents is 1. The van der Waals surface area contributed by atoms with Crippen molar-refractivity contribution in [2.75, 3.05) is 27.7 Å². The van der Waals surface area contributed by atoms with Gasteiger partial charge in [-0.3, -0.25) is 28.8 Å². The third kappa shape index (κ3) is 10.8. The quantitative estimate of drug-likeness (QED) is 0.148. The third-order valence-corrected chi connectivity index (χ3v) is 12.0. The highest BCUT2D eigenvalue weighted by atomic mass is 16.7. The number of amides is 6. The van der Waals surface area contributed by atoms with Crippen LogP contribution in [0.5, 0.6) is 23.0 Å². The molecular formula is C45H56N6O14. The Bertz CT molecular complexity index is 2240. The monoisotopic (exact) mass is 904 g/mol. The Morgan fingerprint density at radius 3 is 1.86 bits per heavy atom. The van der Waals surface area contributed by atoms with Crippen LogP contribution in [0.25, 0.3) is 0 Å². The average Bonchev–Trinajstić information content (AvgIpc) is 3.28. The van der Waals surface area contributed by atoms with Gasteiger partial charge in [-0.15, -0.1) is 0 Å². The molecule has 4 heterocycles. The van der Waals surface area contributed by atoms with Crippen LogP contribution in [0.4, 0.5) is 0 Å². The van der Waals surface area contributed by atoms with E-state index in [4.69, 9.17) is 14.2 Å². The number of carbonyl (C=O) groups is 6. The van der Waals surface area contributed by atoms with Crippen molar-refractivity contribution in [3.05, 3.63) is 83.4 Å². The molecule has 20 heteroatoms. The van der Waals surface area contributed by atoms with Crippen LogP contribution in [0, 0.1) is 0 Å². The van der Waals surface area contributed by atoms with Gasteiger partial charge in [0, 0.05) is 40.4 Å². The predicted molar refractivity (Wildman–Crippen MR) is 229 cm³/mol. The highest BCUT2D eigenvalue weighted by molar-refractivity contribution is 5.98. The van der Waals surface area contributed by atoms with E-state index in [0.29, 0.717) is 16.7 Å². The lowest BCUT2D eigenvalue weighted by Gasteiger charge is -2.39. The number of ether oxygens (including phenoxy) is 3. The molecule has 0 aromatic heterocycles. The number of phenols is 1.